The first-order chi connectivity index (χ1) is 11.2. The highest BCUT2D eigenvalue weighted by molar-refractivity contribution is 5.83. The molecule has 2 aromatic rings. The highest BCUT2D eigenvalue weighted by atomic mass is 16.6. The predicted molar refractivity (Wildman–Crippen MR) is 95.5 cm³/mol. The van der Waals surface area contributed by atoms with Crippen LogP contribution < -0.4 is 0 Å². The van der Waals surface area contributed by atoms with Crippen molar-refractivity contribution in [3.8, 4) is 0 Å². The van der Waals surface area contributed by atoms with Crippen molar-refractivity contribution in [3.63, 3.8) is 0 Å². The van der Waals surface area contributed by atoms with Crippen molar-refractivity contribution >= 4 is 10.9 Å². The molecule has 0 spiro atoms. The van der Waals surface area contributed by atoms with E-state index in [0.29, 0.717) is 0 Å². The maximum Gasteiger partial charge on any atom is 0.210 e. The van der Waals surface area contributed by atoms with E-state index in [0.717, 1.165) is 29.3 Å². The predicted octanol–water partition coefficient (Wildman–Crippen LogP) is 5.67. The molecule has 0 amide bonds. The number of para-hydroxylation sites is 1. The number of hydrogen-bond acceptors (Lipinski definition) is 2. The summed E-state index contributed by atoms with van der Waals surface area (Å²) in [5.74, 6) is 0.0109. The number of aromatic nitrogens is 1. The summed E-state index contributed by atoms with van der Waals surface area (Å²) in [6.07, 6.45) is 11.6. The number of aromatic amines is 1. The Hall–Kier alpha value is -1.84. The Balaban J connectivity index is 1.91. The zero-order chi connectivity index (χ0) is 16.5. The van der Waals surface area contributed by atoms with Crippen LogP contribution in [0.5, 0.6) is 0 Å². The van der Waals surface area contributed by atoms with Crippen molar-refractivity contribution in [2.75, 3.05) is 6.54 Å². The highest BCUT2D eigenvalue weighted by Crippen LogP contribution is 2.29. The molecular formula is C19H28N2O2. The van der Waals surface area contributed by atoms with E-state index in [4.69, 9.17) is 0 Å². The summed E-state index contributed by atoms with van der Waals surface area (Å²) >= 11 is 0. The lowest BCUT2D eigenvalue weighted by Gasteiger charge is -2.12. The third-order valence-electron chi connectivity index (χ3n) is 4.59. The smallest absolute Gasteiger partial charge is 0.210 e. The van der Waals surface area contributed by atoms with E-state index >= 15 is 0 Å². The number of nitro groups is 1. The summed E-state index contributed by atoms with van der Waals surface area (Å²) in [4.78, 5) is 14.1. The first-order valence-electron chi connectivity index (χ1n) is 8.90. The molecule has 0 saturated heterocycles. The van der Waals surface area contributed by atoms with Gasteiger partial charge in [-0.25, -0.2) is 0 Å². The third kappa shape index (κ3) is 5.38. The van der Waals surface area contributed by atoms with Crippen molar-refractivity contribution in [2.45, 2.75) is 64.2 Å². The minimum absolute atomic E-state index is 0.0109. The van der Waals surface area contributed by atoms with Crippen molar-refractivity contribution < 1.29 is 4.92 Å². The molecule has 1 aromatic carbocycles. The molecule has 0 bridgehead atoms. The molecule has 0 aliphatic carbocycles. The van der Waals surface area contributed by atoms with Crippen LogP contribution in [-0.2, 0) is 0 Å². The Labute approximate surface area is 138 Å². The Morgan fingerprint density at radius 2 is 1.78 bits per heavy atom. The maximum atomic E-state index is 11.0. The molecule has 0 aliphatic heterocycles. The second-order valence-electron chi connectivity index (χ2n) is 6.41. The summed E-state index contributed by atoms with van der Waals surface area (Å²) < 4.78 is 0. The van der Waals surface area contributed by atoms with E-state index in [-0.39, 0.29) is 17.4 Å². The molecule has 4 heteroatoms. The fourth-order valence-electron chi connectivity index (χ4n) is 3.30. The van der Waals surface area contributed by atoms with Gasteiger partial charge >= 0.3 is 0 Å². The summed E-state index contributed by atoms with van der Waals surface area (Å²) in [5.41, 5.74) is 2.17. The Kier molecular flexibility index (Phi) is 7.11. The van der Waals surface area contributed by atoms with Crippen LogP contribution in [0, 0.1) is 10.1 Å². The van der Waals surface area contributed by atoms with E-state index in [9.17, 15) is 10.1 Å². The summed E-state index contributed by atoms with van der Waals surface area (Å²) in [6.45, 7) is 2.25. The van der Waals surface area contributed by atoms with Gasteiger partial charge in [-0.05, 0) is 18.1 Å². The molecule has 1 heterocycles. The summed E-state index contributed by atoms with van der Waals surface area (Å²) in [5, 5.41) is 12.2. The van der Waals surface area contributed by atoms with Crippen LogP contribution in [0.25, 0.3) is 10.9 Å². The van der Waals surface area contributed by atoms with Gasteiger partial charge in [0.25, 0.3) is 0 Å². The van der Waals surface area contributed by atoms with Gasteiger partial charge in [-0.3, -0.25) is 10.1 Å². The van der Waals surface area contributed by atoms with Gasteiger partial charge in [-0.15, -0.1) is 0 Å². The molecule has 0 unspecified atom stereocenters. The second-order valence-corrected chi connectivity index (χ2v) is 6.41. The van der Waals surface area contributed by atoms with E-state index in [2.05, 4.69) is 18.0 Å². The topological polar surface area (TPSA) is 58.9 Å². The molecule has 0 saturated carbocycles. The molecule has 1 aromatic heterocycles. The molecular weight excluding hydrogens is 288 g/mol. The zero-order valence-corrected chi connectivity index (χ0v) is 14.1. The van der Waals surface area contributed by atoms with Gasteiger partial charge in [-0.1, -0.05) is 70.1 Å². The van der Waals surface area contributed by atoms with E-state index in [1.807, 2.05) is 24.4 Å². The molecule has 126 valence electrons. The van der Waals surface area contributed by atoms with E-state index in [1.54, 1.807) is 0 Å². The van der Waals surface area contributed by atoms with E-state index < -0.39 is 0 Å². The molecule has 0 radical (unpaired) electrons. The van der Waals surface area contributed by atoms with Crippen LogP contribution in [0.15, 0.2) is 30.5 Å². The largest absolute Gasteiger partial charge is 0.361 e. The first kappa shape index (κ1) is 17.5. The van der Waals surface area contributed by atoms with Crippen LogP contribution in [0.1, 0.15) is 69.8 Å². The standard InChI is InChI=1S/C19H28N2O2/c1-2-3-4-5-6-7-8-11-16(15-21(22)23)18-14-20-19-13-10-9-12-17(18)19/h9-10,12-14,16,20H,2-8,11,15H2,1H3/t16-/m1/s1. The quantitative estimate of drug-likeness (QED) is 0.330. The Morgan fingerprint density at radius 3 is 2.52 bits per heavy atom. The van der Waals surface area contributed by atoms with Crippen molar-refractivity contribution in [1.82, 2.24) is 4.98 Å². The van der Waals surface area contributed by atoms with Gasteiger partial charge in [0.2, 0.25) is 6.54 Å². The number of fused-ring (bicyclic) bond motifs is 1. The van der Waals surface area contributed by atoms with Crippen molar-refractivity contribution in [2.24, 2.45) is 0 Å². The highest BCUT2D eigenvalue weighted by Gasteiger charge is 2.20. The van der Waals surface area contributed by atoms with Crippen LogP contribution in [0.3, 0.4) is 0 Å². The number of nitrogens with one attached hydrogen (secondary N) is 1. The summed E-state index contributed by atoms with van der Waals surface area (Å²) in [7, 11) is 0. The lowest BCUT2D eigenvalue weighted by molar-refractivity contribution is -0.483. The molecule has 23 heavy (non-hydrogen) atoms. The van der Waals surface area contributed by atoms with Crippen LogP contribution in [0.4, 0.5) is 0 Å². The summed E-state index contributed by atoms with van der Waals surface area (Å²) in [6, 6.07) is 8.06. The zero-order valence-electron chi connectivity index (χ0n) is 14.1. The Morgan fingerprint density at radius 1 is 1.09 bits per heavy atom. The normalized spacial score (nSPS) is 12.6. The van der Waals surface area contributed by atoms with Gasteiger partial charge in [0.1, 0.15) is 0 Å². The fraction of sp³-hybridized carbons (Fsp3) is 0.579. The lowest BCUT2D eigenvalue weighted by Crippen LogP contribution is -2.12. The van der Waals surface area contributed by atoms with Gasteiger partial charge < -0.3 is 4.98 Å². The number of benzene rings is 1. The fourth-order valence-corrected chi connectivity index (χ4v) is 3.30. The van der Waals surface area contributed by atoms with Crippen molar-refractivity contribution in [1.29, 1.82) is 0 Å². The lowest BCUT2D eigenvalue weighted by atomic mass is 9.92. The molecule has 2 rings (SSSR count). The number of unbranched alkanes of at least 4 members (excludes halogenated alkanes) is 6. The minimum Gasteiger partial charge on any atom is -0.361 e. The Bertz CT molecular complexity index is 606. The molecule has 1 atom stereocenters. The monoisotopic (exact) mass is 316 g/mol. The third-order valence-corrected chi connectivity index (χ3v) is 4.59. The molecule has 0 fully saturated rings. The number of rotatable bonds is 11. The average Bonchev–Trinajstić information content (AvgIpc) is 2.96. The molecule has 4 nitrogen and oxygen atoms in total. The van der Waals surface area contributed by atoms with Crippen molar-refractivity contribution in [3.05, 3.63) is 46.1 Å². The number of hydrogen-bond donors (Lipinski definition) is 1. The number of nitrogens with zero attached hydrogens (tertiary/aromatic N) is 1. The van der Waals surface area contributed by atoms with Gasteiger partial charge in [0, 0.05) is 22.0 Å². The SMILES string of the molecule is CCCCCCCCC[C@H](C[N+](=O)[O-])c1c[nH]c2ccccc12. The second kappa shape index (κ2) is 9.33. The van der Waals surface area contributed by atoms with Gasteiger partial charge in [0.05, 0.1) is 5.92 Å². The maximum absolute atomic E-state index is 11.0. The minimum atomic E-state index is -0.173. The van der Waals surface area contributed by atoms with Crippen LogP contribution in [-0.4, -0.2) is 16.5 Å². The van der Waals surface area contributed by atoms with E-state index in [1.165, 1.54) is 38.5 Å². The van der Waals surface area contributed by atoms with Crippen LogP contribution in [0.2, 0.25) is 0 Å². The molecule has 0 aliphatic rings. The van der Waals surface area contributed by atoms with Gasteiger partial charge in [0.15, 0.2) is 0 Å². The molecule has 1 N–H and O–H groups in total. The van der Waals surface area contributed by atoms with Gasteiger partial charge in [-0.2, -0.15) is 0 Å². The van der Waals surface area contributed by atoms with Crippen LogP contribution >= 0.6 is 0 Å². The average molecular weight is 316 g/mol. The first-order valence-corrected chi connectivity index (χ1v) is 8.90. The number of H-pyrrole nitrogens is 1.